The molecule has 0 saturated heterocycles. The summed E-state index contributed by atoms with van der Waals surface area (Å²) in [7, 11) is 1.82. The lowest BCUT2D eigenvalue weighted by atomic mass is 9.98. The van der Waals surface area contributed by atoms with Crippen LogP contribution in [0.25, 0.3) is 11.0 Å². The predicted molar refractivity (Wildman–Crippen MR) is 133 cm³/mol. The molecule has 1 aliphatic carbocycles. The number of halogens is 3. The van der Waals surface area contributed by atoms with Crippen molar-refractivity contribution in [2.45, 2.75) is 71.7 Å². The Morgan fingerprint density at radius 3 is 2.60 bits per heavy atom. The Kier molecular flexibility index (Phi) is 11.6. The molecule has 13 heteroatoms. The van der Waals surface area contributed by atoms with Crippen molar-refractivity contribution in [1.29, 1.82) is 0 Å². The van der Waals surface area contributed by atoms with Crippen LogP contribution < -0.4 is 4.74 Å². The lowest BCUT2D eigenvalue weighted by molar-refractivity contribution is -0.386. The van der Waals surface area contributed by atoms with Crippen LogP contribution in [0.15, 0.2) is 12.4 Å². The van der Waals surface area contributed by atoms with Gasteiger partial charge in [-0.15, -0.1) is 5.10 Å². The van der Waals surface area contributed by atoms with E-state index in [1.165, 1.54) is 56.0 Å². The van der Waals surface area contributed by atoms with Crippen LogP contribution in [0.2, 0.25) is 10.3 Å². The van der Waals surface area contributed by atoms with Gasteiger partial charge in [0.2, 0.25) is 5.28 Å². The van der Waals surface area contributed by atoms with E-state index >= 15 is 0 Å². The van der Waals surface area contributed by atoms with Gasteiger partial charge in [0.05, 0.1) is 28.0 Å². The Morgan fingerprint density at radius 1 is 1.31 bits per heavy atom. The first-order chi connectivity index (χ1) is 16.8. The molecule has 1 aliphatic rings. The minimum Gasteiger partial charge on any atom is -0.469 e. The normalized spacial score (nSPS) is 14.5. The highest BCUT2D eigenvalue weighted by Gasteiger charge is 2.24. The van der Waals surface area contributed by atoms with Crippen molar-refractivity contribution in [3.05, 3.63) is 38.5 Å². The summed E-state index contributed by atoms with van der Waals surface area (Å²) in [5.74, 6) is -0.258. The first kappa shape index (κ1) is 28.7. The van der Waals surface area contributed by atoms with Crippen LogP contribution in [0.4, 0.5) is 10.1 Å². The highest BCUT2D eigenvalue weighted by molar-refractivity contribution is 6.35. The summed E-state index contributed by atoms with van der Waals surface area (Å²) in [6.45, 7) is 4.91. The quantitative estimate of drug-likeness (QED) is 0.222. The largest absolute Gasteiger partial charge is 0.469 e. The molecule has 1 unspecified atom stereocenters. The molecule has 10 nitrogen and oxygen atoms in total. The second-order valence-electron chi connectivity index (χ2n) is 7.67. The van der Waals surface area contributed by atoms with Crippen molar-refractivity contribution in [2.24, 2.45) is 0 Å². The van der Waals surface area contributed by atoms with E-state index in [1.54, 1.807) is 0 Å². The van der Waals surface area contributed by atoms with Gasteiger partial charge in [-0.25, -0.2) is 9.37 Å². The summed E-state index contributed by atoms with van der Waals surface area (Å²) in [4.78, 5) is 18.2. The third-order valence-electron chi connectivity index (χ3n) is 5.28. The van der Waals surface area contributed by atoms with E-state index in [1.807, 2.05) is 21.0 Å². The second kappa shape index (κ2) is 14.2. The SMILES string of the molecule is CC.COC1CCCCC1.Cc1[nH]nc(OCC(F)Cn2cc(Cl)c3cnc(Cl)nc32)c1[N+](=O)[O-]. The third kappa shape index (κ3) is 8.01. The van der Waals surface area contributed by atoms with E-state index in [0.29, 0.717) is 22.2 Å². The molecule has 1 fully saturated rings. The molecule has 1 N–H and O–H groups in total. The molecule has 0 aromatic carbocycles. The Hall–Kier alpha value is -2.50. The van der Waals surface area contributed by atoms with Crippen LogP contribution in [-0.4, -0.2) is 55.6 Å². The first-order valence-corrected chi connectivity index (χ1v) is 12.2. The van der Waals surface area contributed by atoms with Crippen LogP contribution in [0.3, 0.4) is 0 Å². The van der Waals surface area contributed by atoms with Gasteiger partial charge < -0.3 is 14.0 Å². The van der Waals surface area contributed by atoms with E-state index in [9.17, 15) is 14.5 Å². The van der Waals surface area contributed by atoms with Crippen molar-refractivity contribution in [1.82, 2.24) is 24.7 Å². The number of methoxy groups -OCH3 is 1. The van der Waals surface area contributed by atoms with Crippen molar-refractivity contribution >= 4 is 39.9 Å². The maximum Gasteiger partial charge on any atom is 0.352 e. The van der Waals surface area contributed by atoms with Gasteiger partial charge in [-0.05, 0) is 31.4 Å². The van der Waals surface area contributed by atoms with Crippen molar-refractivity contribution in [3.63, 3.8) is 0 Å². The fraction of sp³-hybridized carbons (Fsp3) is 0.591. The number of nitro groups is 1. The molecule has 0 amide bonds. The maximum atomic E-state index is 14.3. The van der Waals surface area contributed by atoms with Gasteiger partial charge in [-0.2, -0.15) is 4.98 Å². The number of aromatic amines is 1. The average Bonchev–Trinajstić information content (AvgIpc) is 3.38. The van der Waals surface area contributed by atoms with E-state index in [-0.39, 0.29) is 29.1 Å². The zero-order chi connectivity index (χ0) is 26.0. The van der Waals surface area contributed by atoms with Crippen LogP contribution in [0.5, 0.6) is 5.88 Å². The smallest absolute Gasteiger partial charge is 0.352 e. The molecular weight excluding hydrogens is 502 g/mol. The standard InChI is InChI=1S/C13H11Cl2FN6O3.C7H14O.C2H6/c1-6-10(22(23)24)12(20-19-6)25-5-7(16)3-21-4-9(14)8-2-17-13(15)18-11(8)21;1-8-7-5-3-2-4-6-7;1-2/h2,4,7H,3,5H2,1H3,(H,19,20);7H,2-6H2,1H3;1-2H3. The lowest BCUT2D eigenvalue weighted by Crippen LogP contribution is -2.19. The summed E-state index contributed by atoms with van der Waals surface area (Å²) in [6, 6.07) is 0. The summed E-state index contributed by atoms with van der Waals surface area (Å²) < 4.78 is 26.1. The number of aromatic nitrogens is 5. The van der Waals surface area contributed by atoms with Gasteiger partial charge in [-0.3, -0.25) is 15.2 Å². The molecule has 0 bridgehead atoms. The molecule has 35 heavy (non-hydrogen) atoms. The monoisotopic (exact) mass is 532 g/mol. The molecule has 194 valence electrons. The number of fused-ring (bicyclic) bond motifs is 1. The topological polar surface area (TPSA) is 121 Å². The van der Waals surface area contributed by atoms with Crippen molar-refractivity contribution in [3.8, 4) is 5.88 Å². The van der Waals surface area contributed by atoms with E-state index in [4.69, 9.17) is 32.7 Å². The number of hydrogen-bond acceptors (Lipinski definition) is 7. The fourth-order valence-corrected chi connectivity index (χ4v) is 3.98. The summed E-state index contributed by atoms with van der Waals surface area (Å²) in [5.41, 5.74) is 0.292. The predicted octanol–water partition coefficient (Wildman–Crippen LogP) is 6.09. The molecule has 3 heterocycles. The van der Waals surface area contributed by atoms with Gasteiger partial charge in [0.1, 0.15) is 17.9 Å². The Balaban J connectivity index is 0.000000363. The zero-order valence-electron chi connectivity index (χ0n) is 20.3. The number of H-pyrrole nitrogens is 1. The molecule has 1 atom stereocenters. The number of ether oxygens (including phenoxy) is 2. The number of nitrogens with one attached hydrogen (secondary N) is 1. The number of hydrogen-bond donors (Lipinski definition) is 1. The Bertz CT molecular complexity index is 1090. The highest BCUT2D eigenvalue weighted by atomic mass is 35.5. The highest BCUT2D eigenvalue weighted by Crippen LogP contribution is 2.28. The van der Waals surface area contributed by atoms with Crippen molar-refractivity contribution < 1.29 is 18.8 Å². The molecule has 0 radical (unpaired) electrons. The molecule has 3 aromatic heterocycles. The maximum absolute atomic E-state index is 14.3. The van der Waals surface area contributed by atoms with Crippen molar-refractivity contribution in [2.75, 3.05) is 13.7 Å². The fourth-order valence-electron chi connectivity index (χ4n) is 3.60. The number of aryl methyl sites for hydroxylation is 1. The van der Waals surface area contributed by atoms with Crippen LogP contribution >= 0.6 is 23.2 Å². The Morgan fingerprint density at radius 2 is 2.00 bits per heavy atom. The molecule has 0 aliphatic heterocycles. The first-order valence-electron chi connectivity index (χ1n) is 11.5. The lowest BCUT2D eigenvalue weighted by Gasteiger charge is -2.19. The molecular formula is C22H31Cl2FN6O4. The Labute approximate surface area is 213 Å². The second-order valence-corrected chi connectivity index (χ2v) is 8.41. The number of nitrogens with zero attached hydrogens (tertiary/aromatic N) is 5. The summed E-state index contributed by atoms with van der Waals surface area (Å²) in [5, 5.41) is 18.0. The average molecular weight is 533 g/mol. The van der Waals surface area contributed by atoms with E-state index < -0.39 is 17.7 Å². The van der Waals surface area contributed by atoms with Crippen LogP contribution in [0, 0.1) is 17.0 Å². The van der Waals surface area contributed by atoms with Gasteiger partial charge in [0.15, 0.2) is 6.17 Å². The van der Waals surface area contributed by atoms with E-state index in [0.717, 1.165) is 0 Å². The number of rotatable bonds is 7. The third-order valence-corrected chi connectivity index (χ3v) is 5.77. The molecule has 4 rings (SSSR count). The molecule has 3 aromatic rings. The van der Waals surface area contributed by atoms with Crippen LogP contribution in [0.1, 0.15) is 51.6 Å². The van der Waals surface area contributed by atoms with Gasteiger partial charge in [0.25, 0.3) is 0 Å². The summed E-state index contributed by atoms with van der Waals surface area (Å²) >= 11 is 11.8. The zero-order valence-corrected chi connectivity index (χ0v) is 21.8. The number of alkyl halides is 1. The minimum absolute atomic E-state index is 0.0118. The van der Waals surface area contributed by atoms with Gasteiger partial charge in [0, 0.05) is 19.5 Å². The van der Waals surface area contributed by atoms with E-state index in [2.05, 4.69) is 20.2 Å². The molecule has 0 spiro atoms. The molecule has 1 saturated carbocycles. The van der Waals surface area contributed by atoms with Gasteiger partial charge >= 0.3 is 11.6 Å². The van der Waals surface area contributed by atoms with Gasteiger partial charge in [-0.1, -0.05) is 44.7 Å². The minimum atomic E-state index is -1.49. The summed E-state index contributed by atoms with van der Waals surface area (Å²) in [6.07, 6.45) is 8.79. The van der Waals surface area contributed by atoms with Crippen LogP contribution in [-0.2, 0) is 11.3 Å².